The van der Waals surface area contributed by atoms with Crippen LogP contribution in [0.25, 0.3) is 0 Å². The lowest BCUT2D eigenvalue weighted by atomic mass is 10.3. The Balaban J connectivity index is 2.25. The third kappa shape index (κ3) is 1.19. The van der Waals surface area contributed by atoms with Crippen molar-refractivity contribution in [3.8, 4) is 6.07 Å². The van der Waals surface area contributed by atoms with Crippen LogP contribution < -0.4 is 5.32 Å². The molecule has 1 aliphatic rings. The van der Waals surface area contributed by atoms with Gasteiger partial charge in [0.2, 0.25) is 0 Å². The van der Waals surface area contributed by atoms with E-state index in [0.717, 1.165) is 0 Å². The lowest BCUT2D eigenvalue weighted by Gasteiger charge is -2.14. The predicted octanol–water partition coefficient (Wildman–Crippen LogP) is -0.487. The van der Waals surface area contributed by atoms with Gasteiger partial charge in [-0.2, -0.15) is 5.26 Å². The summed E-state index contributed by atoms with van der Waals surface area (Å²) >= 11 is 0. The maximum atomic E-state index is 8.27. The molecule has 3 nitrogen and oxygen atoms in total. The minimum absolute atomic E-state index is 0.205. The Kier molecular flexibility index (Phi) is 1.84. The van der Waals surface area contributed by atoms with Gasteiger partial charge in [0.1, 0.15) is 6.04 Å². The van der Waals surface area contributed by atoms with E-state index in [1.807, 2.05) is 6.07 Å². The first kappa shape index (κ1) is 5.54. The van der Waals surface area contributed by atoms with E-state index in [2.05, 4.69) is 5.32 Å². The average Bonchev–Trinajstić information content (AvgIpc) is 1.90. The van der Waals surface area contributed by atoms with Gasteiger partial charge in [-0.15, -0.1) is 0 Å². The van der Waals surface area contributed by atoms with Gasteiger partial charge < -0.3 is 4.74 Å². The number of hydrogen-bond acceptors (Lipinski definition) is 2. The van der Waals surface area contributed by atoms with E-state index in [1.165, 1.54) is 0 Å². The predicted molar refractivity (Wildman–Crippen MR) is 27.2 cm³/mol. The zero-order chi connectivity index (χ0) is 5.82. The Morgan fingerprint density at radius 1 is 1.75 bits per heavy atom. The lowest BCUT2D eigenvalue weighted by molar-refractivity contribution is 0.0899. The molecule has 1 fully saturated rings. The summed E-state index contributed by atoms with van der Waals surface area (Å²) in [5.74, 6) is 0. The molecule has 1 saturated heterocycles. The molecule has 8 heavy (non-hydrogen) atoms. The van der Waals surface area contributed by atoms with Gasteiger partial charge in [0.25, 0.3) is 0 Å². The minimum Gasteiger partial charge on any atom is -0.377 e. The first-order valence-corrected chi connectivity index (χ1v) is 2.57. The summed E-state index contributed by atoms with van der Waals surface area (Å²) in [7, 11) is 0. The Hall–Kier alpha value is -0.590. The topological polar surface area (TPSA) is 47.1 Å². The van der Waals surface area contributed by atoms with Crippen LogP contribution in [0.5, 0.6) is 0 Å². The summed E-state index contributed by atoms with van der Waals surface area (Å²) < 4.78 is 4.96. The molecule has 0 aromatic rings. The number of ether oxygens (including phenoxy) is 1. The van der Waals surface area contributed by atoms with Gasteiger partial charge in [0, 0.05) is 6.54 Å². The van der Waals surface area contributed by atoms with Gasteiger partial charge in [-0.05, 0) is 0 Å². The Bertz CT molecular complexity index is 101. The molecule has 1 rings (SSSR count). The third-order valence-electron chi connectivity index (χ3n) is 1.01. The molecule has 43 valence electrons. The van der Waals surface area contributed by atoms with Crippen LogP contribution >= 0.6 is 0 Å². The van der Waals surface area contributed by atoms with Crippen molar-refractivity contribution in [3.63, 3.8) is 0 Å². The van der Waals surface area contributed by atoms with Crippen LogP contribution in [0.1, 0.15) is 0 Å². The second-order valence-electron chi connectivity index (χ2n) is 1.63. The minimum atomic E-state index is -0.205. The van der Waals surface area contributed by atoms with Crippen molar-refractivity contribution >= 4 is 0 Å². The van der Waals surface area contributed by atoms with Crippen molar-refractivity contribution in [1.82, 2.24) is 5.32 Å². The zero-order valence-electron chi connectivity index (χ0n) is 4.50. The third-order valence-corrected chi connectivity index (χ3v) is 1.01. The van der Waals surface area contributed by atoms with E-state index in [1.54, 1.807) is 0 Å². The molecule has 0 amide bonds. The highest BCUT2D eigenvalue weighted by molar-refractivity contribution is 4.90. The van der Waals surface area contributed by atoms with Crippen LogP contribution in [0.2, 0.25) is 0 Å². The second-order valence-corrected chi connectivity index (χ2v) is 1.63. The maximum Gasteiger partial charge on any atom is 0.134 e. The van der Waals surface area contributed by atoms with Crippen molar-refractivity contribution < 1.29 is 4.74 Å². The standard InChI is InChI=1S/C5H7N2O/c6-3-5-4-8-2-1-7-5/h5H,1-2,4H2. The van der Waals surface area contributed by atoms with E-state index in [-0.39, 0.29) is 6.04 Å². The smallest absolute Gasteiger partial charge is 0.134 e. The molecule has 1 aliphatic heterocycles. The summed E-state index contributed by atoms with van der Waals surface area (Å²) in [6.07, 6.45) is 0. The summed E-state index contributed by atoms with van der Waals surface area (Å²) in [6.45, 7) is 1.84. The van der Waals surface area contributed by atoms with Gasteiger partial charge in [0.05, 0.1) is 19.3 Å². The summed E-state index contributed by atoms with van der Waals surface area (Å²) in [4.78, 5) is 0. The van der Waals surface area contributed by atoms with E-state index in [9.17, 15) is 0 Å². The number of nitriles is 1. The van der Waals surface area contributed by atoms with Gasteiger partial charge in [-0.25, -0.2) is 5.32 Å². The number of nitrogens with zero attached hydrogens (tertiary/aromatic N) is 2. The van der Waals surface area contributed by atoms with Gasteiger partial charge in [0.15, 0.2) is 0 Å². The van der Waals surface area contributed by atoms with Gasteiger partial charge in [-0.1, -0.05) is 0 Å². The van der Waals surface area contributed by atoms with Crippen molar-refractivity contribution in [2.75, 3.05) is 19.8 Å². The van der Waals surface area contributed by atoms with Crippen LogP contribution in [-0.4, -0.2) is 25.8 Å². The quantitative estimate of drug-likeness (QED) is 0.423. The molecule has 0 saturated carbocycles. The fourth-order valence-corrected chi connectivity index (χ4v) is 0.599. The van der Waals surface area contributed by atoms with Crippen molar-refractivity contribution in [2.24, 2.45) is 0 Å². The number of morpholine rings is 1. The molecule has 0 aromatic heterocycles. The molecule has 3 heteroatoms. The molecular formula is C5H7N2O. The molecule has 1 atom stereocenters. The van der Waals surface area contributed by atoms with E-state index in [4.69, 9.17) is 10.00 Å². The highest BCUT2D eigenvalue weighted by atomic mass is 16.5. The highest BCUT2D eigenvalue weighted by Gasteiger charge is 2.11. The first-order chi connectivity index (χ1) is 3.93. The largest absolute Gasteiger partial charge is 0.377 e. The van der Waals surface area contributed by atoms with Crippen LogP contribution in [0.3, 0.4) is 0 Å². The Labute approximate surface area is 48.2 Å². The van der Waals surface area contributed by atoms with E-state index < -0.39 is 0 Å². The molecule has 0 spiro atoms. The summed E-state index contributed by atoms with van der Waals surface area (Å²) in [5.41, 5.74) is 0. The molecule has 0 aromatic carbocycles. The van der Waals surface area contributed by atoms with E-state index >= 15 is 0 Å². The fourth-order valence-electron chi connectivity index (χ4n) is 0.599. The van der Waals surface area contributed by atoms with Crippen molar-refractivity contribution in [2.45, 2.75) is 6.04 Å². The molecule has 0 aliphatic carbocycles. The zero-order valence-corrected chi connectivity index (χ0v) is 4.50. The van der Waals surface area contributed by atoms with Crippen molar-refractivity contribution in [3.05, 3.63) is 0 Å². The fraction of sp³-hybridized carbons (Fsp3) is 0.800. The SMILES string of the molecule is N#CC1COCC[N]1. The van der Waals surface area contributed by atoms with Gasteiger partial charge >= 0.3 is 0 Å². The monoisotopic (exact) mass is 111 g/mol. The average molecular weight is 111 g/mol. The molecule has 1 heterocycles. The van der Waals surface area contributed by atoms with Crippen LogP contribution in [0, 0.1) is 11.3 Å². The number of hydrogen-bond donors (Lipinski definition) is 0. The maximum absolute atomic E-state index is 8.27. The Morgan fingerprint density at radius 3 is 3.00 bits per heavy atom. The highest BCUT2D eigenvalue weighted by Crippen LogP contribution is 1.91. The summed E-state index contributed by atoms with van der Waals surface area (Å²) in [6, 6.07) is 1.81. The molecule has 1 radical (unpaired) electrons. The van der Waals surface area contributed by atoms with Crippen LogP contribution in [0.15, 0.2) is 0 Å². The molecule has 0 N–H and O–H groups in total. The van der Waals surface area contributed by atoms with Crippen molar-refractivity contribution in [1.29, 1.82) is 5.26 Å². The van der Waals surface area contributed by atoms with E-state index in [0.29, 0.717) is 19.8 Å². The number of rotatable bonds is 0. The van der Waals surface area contributed by atoms with Crippen LogP contribution in [-0.2, 0) is 4.74 Å². The first-order valence-electron chi connectivity index (χ1n) is 2.57. The van der Waals surface area contributed by atoms with Gasteiger partial charge in [-0.3, -0.25) is 0 Å². The molecule has 0 bridgehead atoms. The van der Waals surface area contributed by atoms with Crippen LogP contribution in [0.4, 0.5) is 0 Å². The second kappa shape index (κ2) is 2.65. The molecular weight excluding hydrogens is 104 g/mol. The molecule has 1 unspecified atom stereocenters. The Morgan fingerprint density at radius 2 is 2.62 bits per heavy atom. The summed E-state index contributed by atoms with van der Waals surface area (Å²) in [5, 5.41) is 12.2. The lowest BCUT2D eigenvalue weighted by Crippen LogP contribution is -2.34. The normalized spacial score (nSPS) is 29.1.